The number of methoxy groups -OCH3 is 2. The van der Waals surface area contributed by atoms with E-state index in [0.29, 0.717) is 23.9 Å². The van der Waals surface area contributed by atoms with Gasteiger partial charge in [-0.1, -0.05) is 25.5 Å². The van der Waals surface area contributed by atoms with Gasteiger partial charge in [-0.3, -0.25) is 9.69 Å². The zero-order valence-corrected chi connectivity index (χ0v) is 16.6. The number of hydrogen-bond donors (Lipinski definition) is 1. The molecule has 2 aromatic carbocycles. The molecule has 1 aliphatic rings. The van der Waals surface area contributed by atoms with Gasteiger partial charge in [0.05, 0.1) is 19.8 Å². The summed E-state index contributed by atoms with van der Waals surface area (Å²) < 4.78 is 11.0. The summed E-state index contributed by atoms with van der Waals surface area (Å²) in [6.07, 6.45) is 4.78. The smallest absolute Gasteiger partial charge is 0.255 e. The minimum atomic E-state index is -0.0843. The molecule has 1 unspecified atom stereocenters. The SMILES string of the molecule is CCCCN1CCCC1CNC(=O)c1ccc2c(OC)cccc2c1OC. The number of carbonyl (C=O) groups excluding carboxylic acids is 1. The van der Waals surface area contributed by atoms with Crippen molar-refractivity contribution < 1.29 is 14.3 Å². The number of carbonyl (C=O) groups is 1. The Morgan fingerprint density at radius 1 is 1.19 bits per heavy atom. The normalized spacial score (nSPS) is 17.2. The molecule has 0 aliphatic carbocycles. The van der Waals surface area contributed by atoms with E-state index in [-0.39, 0.29) is 5.91 Å². The highest BCUT2D eigenvalue weighted by Crippen LogP contribution is 2.34. The summed E-state index contributed by atoms with van der Waals surface area (Å²) >= 11 is 0. The highest BCUT2D eigenvalue weighted by atomic mass is 16.5. The zero-order valence-electron chi connectivity index (χ0n) is 16.6. The first kappa shape index (κ1) is 19.5. The zero-order chi connectivity index (χ0) is 19.2. The number of likely N-dealkylation sites (tertiary alicyclic amines) is 1. The van der Waals surface area contributed by atoms with Gasteiger partial charge in [-0.05, 0) is 50.6 Å². The van der Waals surface area contributed by atoms with Crippen LogP contribution in [-0.2, 0) is 0 Å². The Labute approximate surface area is 161 Å². The Hall–Kier alpha value is -2.27. The quantitative estimate of drug-likeness (QED) is 0.767. The molecular weight excluding hydrogens is 340 g/mol. The largest absolute Gasteiger partial charge is 0.496 e. The van der Waals surface area contributed by atoms with Crippen molar-refractivity contribution in [2.24, 2.45) is 0 Å². The first-order chi connectivity index (χ1) is 13.2. The number of ether oxygens (including phenoxy) is 2. The van der Waals surface area contributed by atoms with Crippen LogP contribution in [-0.4, -0.2) is 50.7 Å². The Bertz CT molecular complexity index is 790. The lowest BCUT2D eigenvalue weighted by Crippen LogP contribution is -2.40. The van der Waals surface area contributed by atoms with E-state index in [1.54, 1.807) is 14.2 Å². The lowest BCUT2D eigenvalue weighted by molar-refractivity contribution is 0.0937. The average molecular weight is 370 g/mol. The Morgan fingerprint density at radius 3 is 2.78 bits per heavy atom. The van der Waals surface area contributed by atoms with Crippen LogP contribution in [0.25, 0.3) is 10.8 Å². The van der Waals surface area contributed by atoms with Crippen molar-refractivity contribution in [2.75, 3.05) is 33.9 Å². The van der Waals surface area contributed by atoms with Gasteiger partial charge in [0.1, 0.15) is 11.5 Å². The molecule has 3 rings (SSSR count). The summed E-state index contributed by atoms with van der Waals surface area (Å²) in [7, 11) is 3.25. The lowest BCUT2D eigenvalue weighted by Gasteiger charge is -2.24. The molecule has 1 saturated heterocycles. The molecule has 1 atom stereocenters. The summed E-state index contributed by atoms with van der Waals surface area (Å²) in [6.45, 7) is 5.16. The van der Waals surface area contributed by atoms with E-state index >= 15 is 0 Å². The monoisotopic (exact) mass is 370 g/mol. The van der Waals surface area contributed by atoms with Gasteiger partial charge in [0, 0.05) is 23.4 Å². The van der Waals surface area contributed by atoms with E-state index < -0.39 is 0 Å². The summed E-state index contributed by atoms with van der Waals surface area (Å²) in [5, 5.41) is 4.95. The second kappa shape index (κ2) is 9.09. The number of nitrogens with zero attached hydrogens (tertiary/aromatic N) is 1. The topological polar surface area (TPSA) is 50.8 Å². The highest BCUT2D eigenvalue weighted by Gasteiger charge is 2.25. The van der Waals surface area contributed by atoms with Crippen LogP contribution in [0.2, 0.25) is 0 Å². The van der Waals surface area contributed by atoms with E-state index in [0.717, 1.165) is 36.0 Å². The Balaban J connectivity index is 1.75. The second-order valence-corrected chi connectivity index (χ2v) is 7.10. The maximum Gasteiger partial charge on any atom is 0.255 e. The Morgan fingerprint density at radius 2 is 2.04 bits per heavy atom. The number of hydrogen-bond acceptors (Lipinski definition) is 4. The summed E-state index contributed by atoms with van der Waals surface area (Å²) in [4.78, 5) is 15.4. The molecule has 0 saturated carbocycles. The molecule has 0 bridgehead atoms. The number of fused-ring (bicyclic) bond motifs is 1. The highest BCUT2D eigenvalue weighted by molar-refractivity contribution is 6.05. The fourth-order valence-electron chi connectivity index (χ4n) is 3.97. The first-order valence-electron chi connectivity index (χ1n) is 9.85. The molecule has 1 amide bonds. The number of nitrogens with one attached hydrogen (secondary N) is 1. The van der Waals surface area contributed by atoms with E-state index in [1.165, 1.54) is 19.3 Å². The first-order valence-corrected chi connectivity index (χ1v) is 9.85. The standard InChI is InChI=1S/C22H30N2O3/c1-4-5-13-24-14-7-8-16(24)15-23-22(25)19-12-11-17-18(21(19)27-3)9-6-10-20(17)26-2/h6,9-12,16H,4-5,7-8,13-15H2,1-3H3,(H,23,25). The van der Waals surface area contributed by atoms with Gasteiger partial charge in [0.2, 0.25) is 0 Å². The predicted octanol–water partition coefficient (Wildman–Crippen LogP) is 3.85. The lowest BCUT2D eigenvalue weighted by atomic mass is 10.0. The molecule has 1 aliphatic heterocycles. The molecule has 1 heterocycles. The third kappa shape index (κ3) is 4.19. The third-order valence-electron chi connectivity index (χ3n) is 5.44. The number of rotatable bonds is 8. The van der Waals surface area contributed by atoms with Crippen molar-refractivity contribution in [3.63, 3.8) is 0 Å². The molecule has 0 spiro atoms. The fraction of sp³-hybridized carbons (Fsp3) is 0.500. The molecule has 146 valence electrons. The van der Waals surface area contributed by atoms with Gasteiger partial charge < -0.3 is 14.8 Å². The molecular formula is C22H30N2O3. The van der Waals surface area contributed by atoms with Crippen LogP contribution in [0.15, 0.2) is 30.3 Å². The summed E-state index contributed by atoms with van der Waals surface area (Å²) in [5.74, 6) is 1.28. The molecule has 1 fully saturated rings. The van der Waals surface area contributed by atoms with E-state index in [4.69, 9.17) is 9.47 Å². The van der Waals surface area contributed by atoms with Crippen molar-refractivity contribution in [1.82, 2.24) is 10.2 Å². The predicted molar refractivity (Wildman–Crippen MR) is 109 cm³/mol. The summed E-state index contributed by atoms with van der Waals surface area (Å²) in [6, 6.07) is 9.96. The molecule has 2 aromatic rings. The third-order valence-corrected chi connectivity index (χ3v) is 5.44. The van der Waals surface area contributed by atoms with Crippen molar-refractivity contribution in [3.8, 4) is 11.5 Å². The van der Waals surface area contributed by atoms with Crippen molar-refractivity contribution in [1.29, 1.82) is 0 Å². The van der Waals surface area contributed by atoms with E-state index in [1.807, 2.05) is 30.3 Å². The van der Waals surface area contributed by atoms with Gasteiger partial charge >= 0.3 is 0 Å². The minimum Gasteiger partial charge on any atom is -0.496 e. The van der Waals surface area contributed by atoms with E-state index in [9.17, 15) is 4.79 Å². The second-order valence-electron chi connectivity index (χ2n) is 7.10. The fourth-order valence-corrected chi connectivity index (χ4v) is 3.97. The van der Waals surface area contributed by atoms with Crippen LogP contribution in [0.3, 0.4) is 0 Å². The van der Waals surface area contributed by atoms with Gasteiger partial charge in [0.25, 0.3) is 5.91 Å². The molecule has 5 heteroatoms. The molecule has 0 aromatic heterocycles. The van der Waals surface area contributed by atoms with Crippen LogP contribution in [0.4, 0.5) is 0 Å². The maximum absolute atomic E-state index is 12.9. The molecule has 1 N–H and O–H groups in total. The van der Waals surface area contributed by atoms with Gasteiger partial charge in [-0.15, -0.1) is 0 Å². The maximum atomic E-state index is 12.9. The molecule has 5 nitrogen and oxygen atoms in total. The van der Waals surface area contributed by atoms with Crippen molar-refractivity contribution in [3.05, 3.63) is 35.9 Å². The number of unbranched alkanes of at least 4 members (excludes halogenated alkanes) is 1. The number of benzene rings is 2. The van der Waals surface area contributed by atoms with Crippen LogP contribution in [0.5, 0.6) is 11.5 Å². The minimum absolute atomic E-state index is 0.0843. The van der Waals surface area contributed by atoms with Crippen LogP contribution >= 0.6 is 0 Å². The van der Waals surface area contributed by atoms with E-state index in [2.05, 4.69) is 17.1 Å². The number of amides is 1. The van der Waals surface area contributed by atoms with Crippen molar-refractivity contribution >= 4 is 16.7 Å². The van der Waals surface area contributed by atoms with Crippen LogP contribution < -0.4 is 14.8 Å². The van der Waals surface area contributed by atoms with Gasteiger partial charge in [-0.25, -0.2) is 0 Å². The van der Waals surface area contributed by atoms with Crippen LogP contribution in [0, 0.1) is 0 Å². The van der Waals surface area contributed by atoms with Crippen LogP contribution in [0.1, 0.15) is 43.0 Å². The average Bonchev–Trinajstić information content (AvgIpc) is 3.16. The Kier molecular flexibility index (Phi) is 6.56. The van der Waals surface area contributed by atoms with Gasteiger partial charge in [-0.2, -0.15) is 0 Å². The van der Waals surface area contributed by atoms with Crippen molar-refractivity contribution in [2.45, 2.75) is 38.6 Å². The van der Waals surface area contributed by atoms with Gasteiger partial charge in [0.15, 0.2) is 0 Å². The molecule has 0 radical (unpaired) electrons. The summed E-state index contributed by atoms with van der Waals surface area (Å²) in [5.41, 5.74) is 0.566. The molecule has 27 heavy (non-hydrogen) atoms.